The van der Waals surface area contributed by atoms with Gasteiger partial charge in [-0.2, -0.15) is 0 Å². The zero-order valence-corrected chi connectivity index (χ0v) is 12.8. The SMILES string of the molecule is O=S(=O)(Nc1cccc(-n2cnnn2)c1)c1cccc2nonc12. The van der Waals surface area contributed by atoms with E-state index in [1.807, 2.05) is 0 Å². The molecular weight excluding hydrogens is 334 g/mol. The second-order valence-electron chi connectivity index (χ2n) is 4.80. The van der Waals surface area contributed by atoms with Gasteiger partial charge < -0.3 is 0 Å². The summed E-state index contributed by atoms with van der Waals surface area (Å²) < 4.78 is 33.8. The van der Waals surface area contributed by atoms with Gasteiger partial charge in [0.2, 0.25) is 0 Å². The normalized spacial score (nSPS) is 11.7. The fourth-order valence-corrected chi connectivity index (χ4v) is 3.40. The first-order chi connectivity index (χ1) is 11.6. The van der Waals surface area contributed by atoms with Crippen LogP contribution in [0.4, 0.5) is 5.69 Å². The van der Waals surface area contributed by atoms with Gasteiger partial charge >= 0.3 is 0 Å². The molecule has 24 heavy (non-hydrogen) atoms. The third kappa shape index (κ3) is 2.46. The van der Waals surface area contributed by atoms with Crippen LogP contribution in [-0.4, -0.2) is 38.9 Å². The highest BCUT2D eigenvalue weighted by molar-refractivity contribution is 7.93. The molecule has 11 heteroatoms. The molecule has 0 bridgehead atoms. The van der Waals surface area contributed by atoms with Gasteiger partial charge in [-0.05, 0) is 51.1 Å². The number of aromatic nitrogens is 6. The number of nitrogens with zero attached hydrogens (tertiary/aromatic N) is 6. The van der Waals surface area contributed by atoms with Crippen molar-refractivity contribution in [1.29, 1.82) is 0 Å². The largest absolute Gasteiger partial charge is 0.279 e. The number of hydrogen-bond donors (Lipinski definition) is 1. The summed E-state index contributed by atoms with van der Waals surface area (Å²) >= 11 is 0. The molecule has 2 heterocycles. The molecule has 0 saturated heterocycles. The smallest absolute Gasteiger partial charge is 0.264 e. The Morgan fingerprint density at radius 1 is 1.08 bits per heavy atom. The quantitative estimate of drug-likeness (QED) is 0.581. The molecular formula is C13H9N7O3S. The van der Waals surface area contributed by atoms with Crippen molar-refractivity contribution < 1.29 is 13.0 Å². The Morgan fingerprint density at radius 3 is 2.79 bits per heavy atom. The van der Waals surface area contributed by atoms with Gasteiger partial charge in [-0.25, -0.2) is 17.7 Å². The second-order valence-corrected chi connectivity index (χ2v) is 6.45. The van der Waals surface area contributed by atoms with Crippen molar-refractivity contribution >= 4 is 26.7 Å². The zero-order valence-electron chi connectivity index (χ0n) is 11.9. The van der Waals surface area contributed by atoms with E-state index in [-0.39, 0.29) is 10.4 Å². The van der Waals surface area contributed by atoms with E-state index >= 15 is 0 Å². The zero-order chi connectivity index (χ0) is 16.6. The lowest BCUT2D eigenvalue weighted by Gasteiger charge is -2.09. The van der Waals surface area contributed by atoms with Crippen LogP contribution in [0.5, 0.6) is 0 Å². The molecule has 4 rings (SSSR count). The lowest BCUT2D eigenvalue weighted by molar-refractivity contribution is 0.315. The number of hydrogen-bond acceptors (Lipinski definition) is 8. The Balaban J connectivity index is 1.72. The molecule has 0 aliphatic carbocycles. The average Bonchev–Trinajstić information content (AvgIpc) is 3.25. The minimum atomic E-state index is -3.87. The van der Waals surface area contributed by atoms with Crippen molar-refractivity contribution in [2.75, 3.05) is 4.72 Å². The van der Waals surface area contributed by atoms with E-state index in [1.54, 1.807) is 36.4 Å². The number of fused-ring (bicyclic) bond motifs is 1. The predicted octanol–water partition coefficient (Wildman–Crippen LogP) is 0.999. The van der Waals surface area contributed by atoms with Gasteiger partial charge in [-0.15, -0.1) is 5.10 Å². The molecule has 0 aliphatic heterocycles. The van der Waals surface area contributed by atoms with Gasteiger partial charge in [0, 0.05) is 0 Å². The molecule has 0 radical (unpaired) electrons. The monoisotopic (exact) mass is 343 g/mol. The molecule has 0 spiro atoms. The second kappa shape index (κ2) is 5.38. The van der Waals surface area contributed by atoms with Crippen molar-refractivity contribution in [3.63, 3.8) is 0 Å². The Hall–Kier alpha value is -3.34. The predicted molar refractivity (Wildman–Crippen MR) is 81.8 cm³/mol. The van der Waals surface area contributed by atoms with E-state index in [4.69, 9.17) is 0 Å². The first-order valence-corrected chi connectivity index (χ1v) is 8.19. The van der Waals surface area contributed by atoms with Crippen LogP contribution in [0, 0.1) is 0 Å². The van der Waals surface area contributed by atoms with Gasteiger partial charge in [0.25, 0.3) is 10.0 Å². The summed E-state index contributed by atoms with van der Waals surface area (Å²) in [5.74, 6) is 0. The minimum absolute atomic E-state index is 0.0194. The van der Waals surface area contributed by atoms with Crippen molar-refractivity contribution in [2.45, 2.75) is 4.90 Å². The number of tetrazole rings is 1. The van der Waals surface area contributed by atoms with Gasteiger partial charge in [0.15, 0.2) is 5.52 Å². The summed E-state index contributed by atoms with van der Waals surface area (Å²) in [6, 6.07) is 11.3. The summed E-state index contributed by atoms with van der Waals surface area (Å²) in [6.45, 7) is 0. The summed E-state index contributed by atoms with van der Waals surface area (Å²) in [5.41, 5.74) is 1.50. The van der Waals surface area contributed by atoms with Crippen molar-refractivity contribution in [3.8, 4) is 5.69 Å². The molecule has 4 aromatic rings. The van der Waals surface area contributed by atoms with Crippen LogP contribution in [-0.2, 0) is 10.0 Å². The fourth-order valence-electron chi connectivity index (χ4n) is 2.20. The van der Waals surface area contributed by atoms with Gasteiger partial charge in [-0.1, -0.05) is 12.1 Å². The van der Waals surface area contributed by atoms with Crippen LogP contribution >= 0.6 is 0 Å². The van der Waals surface area contributed by atoms with E-state index < -0.39 is 10.0 Å². The van der Waals surface area contributed by atoms with E-state index in [2.05, 4.69) is 35.2 Å². The van der Waals surface area contributed by atoms with Crippen LogP contribution in [0.3, 0.4) is 0 Å². The van der Waals surface area contributed by atoms with Crippen LogP contribution < -0.4 is 4.72 Å². The van der Waals surface area contributed by atoms with Crippen LogP contribution in [0.2, 0.25) is 0 Å². The summed E-state index contributed by atoms with van der Waals surface area (Å²) in [4.78, 5) is -0.0194. The maximum Gasteiger partial charge on any atom is 0.264 e. The molecule has 0 atom stereocenters. The molecule has 1 N–H and O–H groups in total. The highest BCUT2D eigenvalue weighted by Gasteiger charge is 2.20. The Bertz CT molecular complexity index is 1110. The first kappa shape index (κ1) is 14.3. The topological polar surface area (TPSA) is 129 Å². The van der Waals surface area contributed by atoms with Crippen LogP contribution in [0.25, 0.3) is 16.7 Å². The van der Waals surface area contributed by atoms with Crippen molar-refractivity contribution in [1.82, 2.24) is 30.5 Å². The number of benzene rings is 2. The summed E-state index contributed by atoms with van der Waals surface area (Å²) in [6.07, 6.45) is 1.41. The standard InChI is InChI=1S/C13H9N7O3S/c21-24(22,12-6-2-5-11-13(12)16-23-15-11)17-9-3-1-4-10(7-9)20-8-14-18-19-20/h1-8,17H. The minimum Gasteiger partial charge on any atom is -0.279 e. The molecule has 0 unspecified atom stereocenters. The molecule has 2 aromatic carbocycles. The van der Waals surface area contributed by atoms with Gasteiger partial charge in [0.1, 0.15) is 16.7 Å². The lowest BCUT2D eigenvalue weighted by atomic mass is 10.3. The van der Waals surface area contributed by atoms with E-state index in [1.165, 1.54) is 17.1 Å². The molecule has 0 saturated carbocycles. The fraction of sp³-hybridized carbons (Fsp3) is 0. The van der Waals surface area contributed by atoms with Crippen LogP contribution in [0.1, 0.15) is 0 Å². The van der Waals surface area contributed by atoms with E-state index in [0.29, 0.717) is 16.9 Å². The third-order valence-electron chi connectivity index (χ3n) is 3.25. The van der Waals surface area contributed by atoms with Crippen molar-refractivity contribution in [2.24, 2.45) is 0 Å². The third-order valence-corrected chi connectivity index (χ3v) is 4.66. The van der Waals surface area contributed by atoms with E-state index in [9.17, 15) is 8.42 Å². The highest BCUT2D eigenvalue weighted by Crippen LogP contribution is 2.23. The Morgan fingerprint density at radius 2 is 1.96 bits per heavy atom. The van der Waals surface area contributed by atoms with Gasteiger partial charge in [0.05, 0.1) is 11.4 Å². The maximum atomic E-state index is 12.6. The molecule has 0 amide bonds. The van der Waals surface area contributed by atoms with Crippen molar-refractivity contribution in [3.05, 3.63) is 48.8 Å². The summed E-state index contributed by atoms with van der Waals surface area (Å²) in [7, 11) is -3.87. The highest BCUT2D eigenvalue weighted by atomic mass is 32.2. The Kier molecular flexibility index (Phi) is 3.20. The molecule has 2 aromatic heterocycles. The number of rotatable bonds is 4. The number of sulfonamides is 1. The molecule has 120 valence electrons. The number of anilines is 1. The average molecular weight is 343 g/mol. The molecule has 0 aliphatic rings. The molecule has 0 fully saturated rings. The summed E-state index contributed by atoms with van der Waals surface area (Å²) in [5, 5.41) is 18.2. The lowest BCUT2D eigenvalue weighted by Crippen LogP contribution is -2.13. The van der Waals surface area contributed by atoms with E-state index in [0.717, 1.165) is 0 Å². The number of nitrogens with one attached hydrogen (secondary N) is 1. The maximum absolute atomic E-state index is 12.6. The molecule has 10 nitrogen and oxygen atoms in total. The van der Waals surface area contributed by atoms with Crippen LogP contribution in [0.15, 0.2) is 58.3 Å². The van der Waals surface area contributed by atoms with Gasteiger partial charge in [-0.3, -0.25) is 4.72 Å². The Labute approximate surface area is 135 Å². The first-order valence-electron chi connectivity index (χ1n) is 6.71.